The Balaban J connectivity index is 2.72. The largest absolute Gasteiger partial charge is 0.373 e. The van der Waals surface area contributed by atoms with Crippen LogP contribution in [0.2, 0.25) is 10.0 Å². The molecular weight excluding hydrogens is 247 g/mol. The van der Waals surface area contributed by atoms with E-state index in [1.54, 1.807) is 25.1 Å². The highest BCUT2D eigenvalue weighted by Gasteiger charge is 2.12. The Bertz CT molecular complexity index is 382. The van der Waals surface area contributed by atoms with Gasteiger partial charge in [0.05, 0.1) is 10.7 Å². The monoisotopic (exact) mass is 260 g/mol. The third-order valence-corrected chi connectivity index (χ3v) is 2.61. The summed E-state index contributed by atoms with van der Waals surface area (Å²) in [5.41, 5.74) is 0.660. The molecule has 1 amide bonds. The van der Waals surface area contributed by atoms with Gasteiger partial charge in [-0.05, 0) is 32.0 Å². The molecule has 1 unspecified atom stereocenters. The molecule has 0 aromatic heterocycles. The molecular formula is C11H14Cl2N2O. The van der Waals surface area contributed by atoms with Crippen molar-refractivity contribution in [3.63, 3.8) is 0 Å². The zero-order valence-electron chi connectivity index (χ0n) is 9.18. The minimum atomic E-state index is -0.351. The smallest absolute Gasteiger partial charge is 0.242 e. The number of anilines is 1. The maximum Gasteiger partial charge on any atom is 0.242 e. The molecule has 1 aromatic rings. The van der Waals surface area contributed by atoms with Crippen LogP contribution >= 0.6 is 23.2 Å². The van der Waals surface area contributed by atoms with Gasteiger partial charge in [0.15, 0.2) is 0 Å². The number of amides is 1. The zero-order valence-corrected chi connectivity index (χ0v) is 10.7. The number of rotatable bonds is 4. The average Bonchev–Trinajstić information content (AvgIpc) is 2.23. The standard InChI is InChI=1S/C11H14Cl2N2O/c1-3-14-11(16)7(2)15-10-6-8(12)4-5-9(10)13/h4-7,15H,3H2,1-2H3,(H,14,16). The van der Waals surface area contributed by atoms with Gasteiger partial charge in [0.25, 0.3) is 0 Å². The summed E-state index contributed by atoms with van der Waals surface area (Å²) >= 11 is 11.8. The lowest BCUT2D eigenvalue weighted by Gasteiger charge is -2.15. The van der Waals surface area contributed by atoms with E-state index in [1.807, 2.05) is 6.92 Å². The maximum absolute atomic E-state index is 11.5. The van der Waals surface area contributed by atoms with Crippen molar-refractivity contribution in [1.82, 2.24) is 5.32 Å². The number of carbonyl (C=O) groups excluding carboxylic acids is 1. The predicted octanol–water partition coefficient (Wildman–Crippen LogP) is 2.93. The topological polar surface area (TPSA) is 41.1 Å². The lowest BCUT2D eigenvalue weighted by Crippen LogP contribution is -2.37. The molecule has 5 heteroatoms. The summed E-state index contributed by atoms with van der Waals surface area (Å²) in [7, 11) is 0. The molecule has 88 valence electrons. The summed E-state index contributed by atoms with van der Waals surface area (Å²) in [4.78, 5) is 11.5. The molecule has 0 radical (unpaired) electrons. The first-order valence-corrected chi connectivity index (χ1v) is 5.79. The molecule has 0 aliphatic carbocycles. The van der Waals surface area contributed by atoms with E-state index in [2.05, 4.69) is 10.6 Å². The Morgan fingerprint density at radius 1 is 1.44 bits per heavy atom. The summed E-state index contributed by atoms with van der Waals surface area (Å²) in [6, 6.07) is 4.73. The van der Waals surface area contributed by atoms with Crippen molar-refractivity contribution in [3.05, 3.63) is 28.2 Å². The van der Waals surface area contributed by atoms with Crippen LogP contribution in [0.15, 0.2) is 18.2 Å². The highest BCUT2D eigenvalue weighted by atomic mass is 35.5. The molecule has 0 saturated carbocycles. The van der Waals surface area contributed by atoms with Crippen LogP contribution in [0, 0.1) is 0 Å². The van der Waals surface area contributed by atoms with E-state index in [1.165, 1.54) is 0 Å². The summed E-state index contributed by atoms with van der Waals surface area (Å²) in [6.45, 7) is 4.24. The van der Waals surface area contributed by atoms with Crippen molar-refractivity contribution in [1.29, 1.82) is 0 Å². The Morgan fingerprint density at radius 2 is 2.12 bits per heavy atom. The van der Waals surface area contributed by atoms with Crippen LogP contribution < -0.4 is 10.6 Å². The summed E-state index contributed by atoms with van der Waals surface area (Å²) in [5, 5.41) is 6.85. The van der Waals surface area contributed by atoms with Crippen molar-refractivity contribution in [2.45, 2.75) is 19.9 Å². The Kier molecular flexibility index (Phi) is 4.90. The van der Waals surface area contributed by atoms with Crippen LogP contribution in [0.5, 0.6) is 0 Å². The lowest BCUT2D eigenvalue weighted by atomic mass is 10.2. The molecule has 0 heterocycles. The first kappa shape index (κ1) is 13.1. The number of nitrogens with one attached hydrogen (secondary N) is 2. The van der Waals surface area contributed by atoms with Gasteiger partial charge in [-0.25, -0.2) is 0 Å². The number of benzene rings is 1. The molecule has 0 bridgehead atoms. The van der Waals surface area contributed by atoms with Gasteiger partial charge < -0.3 is 10.6 Å². The lowest BCUT2D eigenvalue weighted by molar-refractivity contribution is -0.121. The van der Waals surface area contributed by atoms with Crippen molar-refractivity contribution in [2.24, 2.45) is 0 Å². The molecule has 1 aromatic carbocycles. The second kappa shape index (κ2) is 5.97. The van der Waals surface area contributed by atoms with E-state index in [-0.39, 0.29) is 11.9 Å². The van der Waals surface area contributed by atoms with Crippen molar-refractivity contribution in [3.8, 4) is 0 Å². The SMILES string of the molecule is CCNC(=O)C(C)Nc1cc(Cl)ccc1Cl. The molecule has 0 saturated heterocycles. The van der Waals surface area contributed by atoms with Gasteiger partial charge in [0.2, 0.25) is 5.91 Å². The van der Waals surface area contributed by atoms with Crippen molar-refractivity contribution in [2.75, 3.05) is 11.9 Å². The molecule has 1 rings (SSSR count). The summed E-state index contributed by atoms with van der Waals surface area (Å²) in [6.07, 6.45) is 0. The van der Waals surface area contributed by atoms with Crippen LogP contribution in [0.4, 0.5) is 5.69 Å². The normalized spacial score (nSPS) is 12.0. The maximum atomic E-state index is 11.5. The highest BCUT2D eigenvalue weighted by Crippen LogP contribution is 2.25. The second-order valence-electron chi connectivity index (χ2n) is 3.38. The Labute approximate surface area is 105 Å². The second-order valence-corrected chi connectivity index (χ2v) is 4.23. The van der Waals surface area contributed by atoms with Gasteiger partial charge in [-0.2, -0.15) is 0 Å². The van der Waals surface area contributed by atoms with Crippen LogP contribution in [-0.2, 0) is 4.79 Å². The van der Waals surface area contributed by atoms with Crippen LogP contribution in [0.25, 0.3) is 0 Å². The number of hydrogen-bond donors (Lipinski definition) is 2. The predicted molar refractivity (Wildman–Crippen MR) is 68.2 cm³/mol. The number of hydrogen-bond acceptors (Lipinski definition) is 2. The van der Waals surface area contributed by atoms with Gasteiger partial charge in [0, 0.05) is 11.6 Å². The molecule has 16 heavy (non-hydrogen) atoms. The molecule has 0 aliphatic heterocycles. The third kappa shape index (κ3) is 3.58. The van der Waals surface area contributed by atoms with Gasteiger partial charge >= 0.3 is 0 Å². The van der Waals surface area contributed by atoms with Gasteiger partial charge in [-0.15, -0.1) is 0 Å². The molecule has 1 atom stereocenters. The molecule has 2 N–H and O–H groups in total. The number of likely N-dealkylation sites (N-methyl/N-ethyl adjacent to an activating group) is 1. The van der Waals surface area contributed by atoms with Gasteiger partial charge in [0.1, 0.15) is 6.04 Å². The first-order valence-electron chi connectivity index (χ1n) is 5.04. The highest BCUT2D eigenvalue weighted by molar-refractivity contribution is 6.35. The molecule has 0 spiro atoms. The molecule has 0 fully saturated rings. The fourth-order valence-corrected chi connectivity index (χ4v) is 1.58. The van der Waals surface area contributed by atoms with Crippen LogP contribution in [0.1, 0.15) is 13.8 Å². The first-order chi connectivity index (χ1) is 7.54. The molecule has 3 nitrogen and oxygen atoms in total. The Morgan fingerprint density at radius 3 is 2.75 bits per heavy atom. The van der Waals surface area contributed by atoms with Crippen LogP contribution in [-0.4, -0.2) is 18.5 Å². The fourth-order valence-electron chi connectivity index (χ4n) is 1.23. The molecule has 0 aliphatic rings. The quantitative estimate of drug-likeness (QED) is 0.874. The fraction of sp³-hybridized carbons (Fsp3) is 0.364. The van der Waals surface area contributed by atoms with E-state index >= 15 is 0 Å². The van der Waals surface area contributed by atoms with Crippen molar-refractivity contribution >= 4 is 34.8 Å². The zero-order chi connectivity index (χ0) is 12.1. The van der Waals surface area contributed by atoms with Crippen LogP contribution in [0.3, 0.4) is 0 Å². The van der Waals surface area contributed by atoms with E-state index in [0.717, 1.165) is 0 Å². The summed E-state index contributed by atoms with van der Waals surface area (Å²) in [5.74, 6) is -0.0708. The average molecular weight is 261 g/mol. The van der Waals surface area contributed by atoms with E-state index < -0.39 is 0 Å². The minimum absolute atomic E-state index is 0.0708. The number of halogens is 2. The summed E-state index contributed by atoms with van der Waals surface area (Å²) < 4.78 is 0. The minimum Gasteiger partial charge on any atom is -0.373 e. The number of carbonyl (C=O) groups is 1. The van der Waals surface area contributed by atoms with E-state index in [9.17, 15) is 4.79 Å². The van der Waals surface area contributed by atoms with E-state index in [4.69, 9.17) is 23.2 Å². The Hall–Kier alpha value is -0.930. The third-order valence-electron chi connectivity index (χ3n) is 2.04. The van der Waals surface area contributed by atoms with Gasteiger partial charge in [-0.1, -0.05) is 23.2 Å². The van der Waals surface area contributed by atoms with E-state index in [0.29, 0.717) is 22.3 Å². The van der Waals surface area contributed by atoms with Crippen molar-refractivity contribution < 1.29 is 4.79 Å². The van der Waals surface area contributed by atoms with Gasteiger partial charge in [-0.3, -0.25) is 4.79 Å².